The number of sulfonamides is 1. The summed E-state index contributed by atoms with van der Waals surface area (Å²) in [5.74, 6) is 0. The lowest BCUT2D eigenvalue weighted by Crippen LogP contribution is -2.27. The van der Waals surface area contributed by atoms with Crippen molar-refractivity contribution in [2.45, 2.75) is 11.4 Å². The van der Waals surface area contributed by atoms with Gasteiger partial charge in [0.25, 0.3) is 0 Å². The number of hydrogen-bond acceptors (Lipinski definition) is 4. The van der Waals surface area contributed by atoms with Crippen LogP contribution in [0.2, 0.25) is 0 Å². The molecule has 0 fully saturated rings. The molecule has 20 heavy (non-hydrogen) atoms. The summed E-state index contributed by atoms with van der Waals surface area (Å²) in [5, 5.41) is 0. The van der Waals surface area contributed by atoms with Gasteiger partial charge in [0, 0.05) is 30.5 Å². The quantitative estimate of drug-likeness (QED) is 0.853. The molecule has 1 aromatic heterocycles. The maximum atomic E-state index is 12.5. The van der Waals surface area contributed by atoms with E-state index in [2.05, 4.69) is 20.9 Å². The number of rotatable bonds is 4. The molecule has 5 nitrogen and oxygen atoms in total. The molecule has 1 heterocycles. The molecule has 0 saturated heterocycles. The second-order valence-corrected chi connectivity index (χ2v) is 7.23. The fourth-order valence-corrected chi connectivity index (χ4v) is 3.39. The van der Waals surface area contributed by atoms with Crippen LogP contribution in [0.3, 0.4) is 0 Å². The molecular weight excluding hydrogens is 342 g/mol. The fourth-order valence-electron chi connectivity index (χ4n) is 1.76. The van der Waals surface area contributed by atoms with Crippen LogP contribution in [0.1, 0.15) is 5.56 Å². The molecule has 0 spiro atoms. The smallest absolute Gasteiger partial charge is 0.245 e. The molecule has 2 rings (SSSR count). The van der Waals surface area contributed by atoms with Gasteiger partial charge >= 0.3 is 0 Å². The topological polar surface area (TPSA) is 76.3 Å². The summed E-state index contributed by atoms with van der Waals surface area (Å²) in [5.41, 5.74) is 6.82. The highest BCUT2D eigenvalue weighted by atomic mass is 79.9. The minimum absolute atomic E-state index is 0.104. The highest BCUT2D eigenvalue weighted by Gasteiger charge is 2.23. The number of hydrogen-bond donors (Lipinski definition) is 1. The van der Waals surface area contributed by atoms with Crippen LogP contribution in [-0.4, -0.2) is 24.8 Å². The Labute approximate surface area is 126 Å². The van der Waals surface area contributed by atoms with Crippen LogP contribution in [0.25, 0.3) is 0 Å². The van der Waals surface area contributed by atoms with Gasteiger partial charge in [0.2, 0.25) is 10.0 Å². The predicted molar refractivity (Wildman–Crippen MR) is 81.4 cm³/mol. The third-order valence-corrected chi connectivity index (χ3v) is 5.16. The average Bonchev–Trinajstić information content (AvgIpc) is 2.39. The van der Waals surface area contributed by atoms with Crippen molar-refractivity contribution in [3.05, 3.63) is 52.8 Å². The molecule has 0 radical (unpaired) electrons. The third kappa shape index (κ3) is 3.17. The molecule has 0 amide bonds. The summed E-state index contributed by atoms with van der Waals surface area (Å²) in [7, 11) is -2.11. The van der Waals surface area contributed by atoms with Gasteiger partial charge in [-0.2, -0.15) is 4.31 Å². The van der Waals surface area contributed by atoms with E-state index in [1.165, 1.54) is 17.4 Å². The highest BCUT2D eigenvalue weighted by molar-refractivity contribution is 9.10. The Morgan fingerprint density at radius 3 is 2.70 bits per heavy atom. The van der Waals surface area contributed by atoms with Gasteiger partial charge in [0.1, 0.15) is 4.90 Å². The number of nitrogens with two attached hydrogens (primary N) is 1. The van der Waals surface area contributed by atoms with E-state index in [1.54, 1.807) is 30.6 Å². The lowest BCUT2D eigenvalue weighted by Gasteiger charge is -2.18. The Hall–Kier alpha value is -1.44. The van der Waals surface area contributed by atoms with E-state index < -0.39 is 10.0 Å². The minimum Gasteiger partial charge on any atom is -0.398 e. The molecule has 0 bridgehead atoms. The Balaban J connectivity index is 2.30. The molecule has 0 aliphatic heterocycles. The van der Waals surface area contributed by atoms with Crippen molar-refractivity contribution in [3.8, 4) is 0 Å². The summed E-state index contributed by atoms with van der Waals surface area (Å²) in [6.07, 6.45) is 3.28. The highest BCUT2D eigenvalue weighted by Crippen LogP contribution is 2.25. The maximum absolute atomic E-state index is 12.5. The van der Waals surface area contributed by atoms with E-state index in [0.717, 1.165) is 10.0 Å². The van der Waals surface area contributed by atoms with E-state index in [4.69, 9.17) is 5.73 Å². The van der Waals surface area contributed by atoms with Crippen molar-refractivity contribution in [1.29, 1.82) is 0 Å². The first kappa shape index (κ1) is 15.0. The summed E-state index contributed by atoms with van der Waals surface area (Å²) in [6, 6.07) is 8.31. The zero-order chi connectivity index (χ0) is 14.8. The lowest BCUT2D eigenvalue weighted by atomic mass is 10.3. The van der Waals surface area contributed by atoms with E-state index in [9.17, 15) is 8.42 Å². The molecule has 0 saturated carbocycles. The number of nitrogens with zero attached hydrogens (tertiary/aromatic N) is 2. The average molecular weight is 356 g/mol. The van der Waals surface area contributed by atoms with Crippen molar-refractivity contribution in [1.82, 2.24) is 9.29 Å². The zero-order valence-corrected chi connectivity index (χ0v) is 13.2. The first-order valence-electron chi connectivity index (χ1n) is 5.81. The molecule has 0 aliphatic carbocycles. The van der Waals surface area contributed by atoms with Crippen molar-refractivity contribution in [2.24, 2.45) is 0 Å². The summed E-state index contributed by atoms with van der Waals surface area (Å²) in [4.78, 5) is 4.07. The van der Waals surface area contributed by atoms with Gasteiger partial charge in [-0.25, -0.2) is 8.42 Å². The Morgan fingerprint density at radius 2 is 2.10 bits per heavy atom. The Morgan fingerprint density at radius 1 is 1.35 bits per heavy atom. The number of aromatic nitrogens is 1. The number of halogens is 1. The van der Waals surface area contributed by atoms with Crippen molar-refractivity contribution >= 4 is 31.6 Å². The monoisotopic (exact) mass is 355 g/mol. The molecule has 0 atom stereocenters. The second kappa shape index (κ2) is 5.90. The molecule has 2 aromatic rings. The molecule has 1 aromatic carbocycles. The standard InChI is InChI=1S/C13H14BrN3O2S/c1-17(9-10-3-2-6-16-8-10)20(18,19)13-5-4-11(14)7-12(13)15/h2-8H,9,15H2,1H3. The molecular formula is C13H14BrN3O2S. The lowest BCUT2D eigenvalue weighted by molar-refractivity contribution is 0.466. The number of benzene rings is 1. The van der Waals surface area contributed by atoms with Crippen molar-refractivity contribution < 1.29 is 8.42 Å². The molecule has 0 aliphatic rings. The van der Waals surface area contributed by atoms with Gasteiger partial charge in [0.15, 0.2) is 0 Å². The summed E-state index contributed by atoms with van der Waals surface area (Å²) in [6.45, 7) is 0.242. The van der Waals surface area contributed by atoms with Crippen LogP contribution in [0.15, 0.2) is 52.1 Å². The van der Waals surface area contributed by atoms with E-state index in [1.807, 2.05) is 6.07 Å². The van der Waals surface area contributed by atoms with E-state index in [-0.39, 0.29) is 17.1 Å². The molecule has 2 N–H and O–H groups in total. The molecule has 106 valence electrons. The van der Waals surface area contributed by atoms with Gasteiger partial charge < -0.3 is 5.73 Å². The van der Waals surface area contributed by atoms with Crippen molar-refractivity contribution in [3.63, 3.8) is 0 Å². The summed E-state index contributed by atoms with van der Waals surface area (Å²) < 4.78 is 27.0. The Bertz CT molecular complexity index is 705. The number of anilines is 1. The maximum Gasteiger partial charge on any atom is 0.245 e. The molecule has 7 heteroatoms. The van der Waals surface area contributed by atoms with Crippen LogP contribution < -0.4 is 5.73 Å². The van der Waals surface area contributed by atoms with Gasteiger partial charge in [-0.3, -0.25) is 4.98 Å². The fraction of sp³-hybridized carbons (Fsp3) is 0.154. The summed E-state index contributed by atoms with van der Waals surface area (Å²) >= 11 is 3.26. The van der Waals surface area contributed by atoms with E-state index in [0.29, 0.717) is 0 Å². The molecule has 0 unspecified atom stereocenters. The SMILES string of the molecule is CN(Cc1cccnc1)S(=O)(=O)c1ccc(Br)cc1N. The largest absolute Gasteiger partial charge is 0.398 e. The van der Waals surface area contributed by atoms with Crippen LogP contribution in [0.5, 0.6) is 0 Å². The number of pyridine rings is 1. The van der Waals surface area contributed by atoms with Crippen LogP contribution in [0.4, 0.5) is 5.69 Å². The van der Waals surface area contributed by atoms with Gasteiger partial charge in [0.05, 0.1) is 5.69 Å². The first-order chi connectivity index (χ1) is 9.41. The number of nitrogen functional groups attached to an aromatic ring is 1. The van der Waals surface area contributed by atoms with Crippen LogP contribution in [0, 0.1) is 0 Å². The first-order valence-corrected chi connectivity index (χ1v) is 8.05. The third-order valence-electron chi connectivity index (χ3n) is 2.79. The van der Waals surface area contributed by atoms with Gasteiger partial charge in [-0.1, -0.05) is 22.0 Å². The Kier molecular flexibility index (Phi) is 4.42. The van der Waals surface area contributed by atoms with Gasteiger partial charge in [-0.15, -0.1) is 0 Å². The van der Waals surface area contributed by atoms with E-state index >= 15 is 0 Å². The predicted octanol–water partition coefficient (Wildman–Crippen LogP) is 2.25. The van der Waals surface area contributed by atoms with Crippen LogP contribution in [-0.2, 0) is 16.6 Å². The second-order valence-electron chi connectivity index (χ2n) is 4.30. The van der Waals surface area contributed by atoms with Crippen LogP contribution >= 0.6 is 15.9 Å². The van der Waals surface area contributed by atoms with Gasteiger partial charge in [-0.05, 0) is 29.8 Å². The zero-order valence-electron chi connectivity index (χ0n) is 10.8. The minimum atomic E-state index is -3.62. The van der Waals surface area contributed by atoms with Crippen molar-refractivity contribution in [2.75, 3.05) is 12.8 Å². The normalized spacial score (nSPS) is 11.8.